The zero-order valence-corrected chi connectivity index (χ0v) is 13.6. The molecule has 2 rings (SSSR count). The summed E-state index contributed by atoms with van der Waals surface area (Å²) < 4.78 is 5.70. The van der Waals surface area contributed by atoms with Crippen molar-refractivity contribution in [2.75, 3.05) is 12.4 Å². The Morgan fingerprint density at radius 3 is 2.76 bits per heavy atom. The number of aromatic carboxylic acids is 1. The fourth-order valence-corrected chi connectivity index (χ4v) is 3.43. The maximum Gasteiger partial charge on any atom is 0.340 e. The topological polar surface area (TPSA) is 72.3 Å². The van der Waals surface area contributed by atoms with Crippen LogP contribution in [0.1, 0.15) is 60.9 Å². The lowest BCUT2D eigenvalue weighted by Crippen LogP contribution is -2.21. The lowest BCUT2D eigenvalue weighted by atomic mass is 10.1. The van der Waals surface area contributed by atoms with Crippen LogP contribution < -0.4 is 0 Å². The molecule has 116 valence electrons. The highest BCUT2D eigenvalue weighted by Gasteiger charge is 2.21. The van der Waals surface area contributed by atoms with E-state index in [1.807, 2.05) is 13.8 Å². The molecule has 1 atom stereocenters. The number of hydrogen-bond acceptors (Lipinski definition) is 5. The maximum absolute atomic E-state index is 11.5. The van der Waals surface area contributed by atoms with Gasteiger partial charge in [0.15, 0.2) is 0 Å². The van der Waals surface area contributed by atoms with Crippen LogP contribution in [0.2, 0.25) is 0 Å². The lowest BCUT2D eigenvalue weighted by Gasteiger charge is -2.22. The van der Waals surface area contributed by atoms with Gasteiger partial charge in [0.25, 0.3) is 0 Å². The summed E-state index contributed by atoms with van der Waals surface area (Å²) >= 11 is 1.47. The third-order valence-corrected chi connectivity index (χ3v) is 4.59. The van der Waals surface area contributed by atoms with Gasteiger partial charge in [0.2, 0.25) is 0 Å². The van der Waals surface area contributed by atoms with Crippen LogP contribution in [0.25, 0.3) is 0 Å². The third-order valence-electron chi connectivity index (χ3n) is 3.48. The summed E-state index contributed by atoms with van der Waals surface area (Å²) in [7, 11) is 0. The third kappa shape index (κ3) is 4.17. The molecule has 0 bridgehead atoms. The van der Waals surface area contributed by atoms with Crippen molar-refractivity contribution < 1.29 is 14.6 Å². The zero-order chi connectivity index (χ0) is 15.4. The molecule has 21 heavy (non-hydrogen) atoms. The van der Waals surface area contributed by atoms with Crippen molar-refractivity contribution >= 4 is 17.7 Å². The summed E-state index contributed by atoms with van der Waals surface area (Å²) in [5, 5.41) is 9.95. The first-order chi connectivity index (χ1) is 9.99. The average molecular weight is 310 g/mol. The molecule has 1 aliphatic rings. The van der Waals surface area contributed by atoms with Gasteiger partial charge in [0.05, 0.1) is 11.8 Å². The first-order valence-electron chi connectivity index (χ1n) is 7.35. The number of carbonyl (C=O) groups is 1. The van der Waals surface area contributed by atoms with Crippen LogP contribution in [0.15, 0.2) is 5.03 Å². The molecule has 1 unspecified atom stereocenters. The highest BCUT2D eigenvalue weighted by Crippen LogP contribution is 2.27. The number of carboxylic acids is 1. The van der Waals surface area contributed by atoms with Crippen LogP contribution in [0, 0.1) is 6.92 Å². The Labute approximate surface area is 129 Å². The van der Waals surface area contributed by atoms with Gasteiger partial charge in [0.1, 0.15) is 16.4 Å². The van der Waals surface area contributed by atoms with Gasteiger partial charge in [-0.25, -0.2) is 14.8 Å². The minimum atomic E-state index is -0.963. The number of ether oxygens (including phenoxy) is 1. The molecule has 0 aromatic carbocycles. The maximum atomic E-state index is 11.5. The predicted octanol–water partition coefficient (Wildman–Crippen LogP) is 3.27. The molecule has 1 N–H and O–H groups in total. The number of thioether (sulfide) groups is 1. The van der Waals surface area contributed by atoms with Gasteiger partial charge >= 0.3 is 5.97 Å². The molecule has 6 heteroatoms. The Hall–Kier alpha value is -1.14. The lowest BCUT2D eigenvalue weighted by molar-refractivity contribution is 0.0315. The highest BCUT2D eigenvalue weighted by atomic mass is 32.2. The van der Waals surface area contributed by atoms with Crippen LogP contribution in [-0.2, 0) is 4.74 Å². The van der Waals surface area contributed by atoms with E-state index < -0.39 is 5.97 Å². The van der Waals surface area contributed by atoms with Crippen molar-refractivity contribution in [3.63, 3.8) is 0 Å². The predicted molar refractivity (Wildman–Crippen MR) is 82.1 cm³/mol. The summed E-state index contributed by atoms with van der Waals surface area (Å²) in [6.07, 6.45) is 3.53. The first-order valence-corrected chi connectivity index (χ1v) is 8.33. The van der Waals surface area contributed by atoms with E-state index in [-0.39, 0.29) is 17.6 Å². The molecule has 1 aromatic heterocycles. The van der Waals surface area contributed by atoms with Gasteiger partial charge in [0, 0.05) is 18.3 Å². The summed E-state index contributed by atoms with van der Waals surface area (Å²) in [5.41, 5.74) is 0.758. The Kier molecular flexibility index (Phi) is 5.58. The van der Waals surface area contributed by atoms with E-state index in [4.69, 9.17) is 4.74 Å². The second-order valence-corrected chi connectivity index (χ2v) is 6.62. The fourth-order valence-electron chi connectivity index (χ4n) is 2.29. The van der Waals surface area contributed by atoms with E-state index in [1.54, 1.807) is 6.92 Å². The number of carboxylic acid groups (broad SMARTS) is 1. The molecule has 1 aromatic rings. The standard InChI is InChI=1S/C15H22N2O3S/c1-9(2)13-16-10(3)12(15(18)19)14(17-13)21-8-11-6-4-5-7-20-11/h9,11H,4-8H2,1-3H3,(H,18,19). The molecular formula is C15H22N2O3S. The molecule has 1 aliphatic heterocycles. The molecule has 2 heterocycles. The van der Waals surface area contributed by atoms with E-state index in [0.29, 0.717) is 16.5 Å². The minimum Gasteiger partial charge on any atom is -0.478 e. The van der Waals surface area contributed by atoms with Crippen LogP contribution >= 0.6 is 11.8 Å². The van der Waals surface area contributed by atoms with Crippen LogP contribution in [-0.4, -0.2) is 39.5 Å². The second-order valence-electron chi connectivity index (χ2n) is 5.61. The summed E-state index contributed by atoms with van der Waals surface area (Å²) in [6, 6.07) is 0. The van der Waals surface area contributed by atoms with E-state index in [0.717, 1.165) is 25.2 Å². The van der Waals surface area contributed by atoms with Crippen LogP contribution in [0.5, 0.6) is 0 Å². The highest BCUT2D eigenvalue weighted by molar-refractivity contribution is 7.99. The fraction of sp³-hybridized carbons (Fsp3) is 0.667. The Bertz CT molecular complexity index is 514. The number of nitrogens with zero attached hydrogens (tertiary/aromatic N) is 2. The van der Waals surface area contributed by atoms with Crippen LogP contribution in [0.3, 0.4) is 0 Å². The number of aromatic nitrogens is 2. The average Bonchev–Trinajstić information content (AvgIpc) is 2.45. The molecule has 1 saturated heterocycles. The summed E-state index contributed by atoms with van der Waals surface area (Å²) in [6.45, 7) is 6.55. The van der Waals surface area contributed by atoms with Crippen molar-refractivity contribution in [2.45, 2.75) is 57.1 Å². The van der Waals surface area contributed by atoms with Crippen molar-refractivity contribution in [1.82, 2.24) is 9.97 Å². The molecule has 1 fully saturated rings. The van der Waals surface area contributed by atoms with E-state index in [1.165, 1.54) is 18.2 Å². The Morgan fingerprint density at radius 2 is 2.19 bits per heavy atom. The second kappa shape index (κ2) is 7.22. The molecule has 0 aliphatic carbocycles. The van der Waals surface area contributed by atoms with E-state index in [9.17, 15) is 9.90 Å². The molecule has 0 radical (unpaired) electrons. The monoisotopic (exact) mass is 310 g/mol. The Morgan fingerprint density at radius 1 is 1.43 bits per heavy atom. The minimum absolute atomic E-state index is 0.178. The van der Waals surface area contributed by atoms with Gasteiger partial charge in [-0.3, -0.25) is 0 Å². The van der Waals surface area contributed by atoms with Gasteiger partial charge in [-0.1, -0.05) is 13.8 Å². The van der Waals surface area contributed by atoms with E-state index >= 15 is 0 Å². The Balaban J connectivity index is 2.20. The molecule has 0 saturated carbocycles. The number of rotatable bonds is 5. The van der Waals surface area contributed by atoms with Crippen molar-refractivity contribution in [3.05, 3.63) is 17.1 Å². The first kappa shape index (κ1) is 16.2. The van der Waals surface area contributed by atoms with Gasteiger partial charge in [-0.15, -0.1) is 11.8 Å². The van der Waals surface area contributed by atoms with E-state index in [2.05, 4.69) is 9.97 Å². The molecule has 5 nitrogen and oxygen atoms in total. The quantitative estimate of drug-likeness (QED) is 0.665. The van der Waals surface area contributed by atoms with Crippen molar-refractivity contribution in [2.24, 2.45) is 0 Å². The molecule has 0 spiro atoms. The molecular weight excluding hydrogens is 288 g/mol. The van der Waals surface area contributed by atoms with Gasteiger partial charge in [-0.05, 0) is 26.2 Å². The SMILES string of the molecule is Cc1nc(C(C)C)nc(SCC2CCCCO2)c1C(=O)O. The summed E-state index contributed by atoms with van der Waals surface area (Å²) in [5.74, 6) is 0.658. The van der Waals surface area contributed by atoms with Crippen LogP contribution in [0.4, 0.5) is 0 Å². The molecule has 0 amide bonds. The zero-order valence-electron chi connectivity index (χ0n) is 12.8. The largest absolute Gasteiger partial charge is 0.478 e. The smallest absolute Gasteiger partial charge is 0.340 e. The normalized spacial score (nSPS) is 19.0. The number of hydrogen-bond donors (Lipinski definition) is 1. The number of aryl methyl sites for hydroxylation is 1. The van der Waals surface area contributed by atoms with Gasteiger partial charge in [-0.2, -0.15) is 0 Å². The van der Waals surface area contributed by atoms with Crippen molar-refractivity contribution in [3.8, 4) is 0 Å². The van der Waals surface area contributed by atoms with Crippen molar-refractivity contribution in [1.29, 1.82) is 0 Å². The summed E-state index contributed by atoms with van der Waals surface area (Å²) in [4.78, 5) is 20.2. The van der Waals surface area contributed by atoms with Gasteiger partial charge < -0.3 is 9.84 Å².